The summed E-state index contributed by atoms with van der Waals surface area (Å²) in [5, 5.41) is 41.1. The highest BCUT2D eigenvalue weighted by Gasteiger charge is 2.61. The van der Waals surface area contributed by atoms with Crippen LogP contribution in [-0.4, -0.2) is 21.7 Å². The minimum Gasteiger partial charge on any atom is -0.383 e. The first-order chi connectivity index (χ1) is 10.3. The van der Waals surface area contributed by atoms with Gasteiger partial charge in [0.15, 0.2) is 5.41 Å². The van der Waals surface area contributed by atoms with Gasteiger partial charge in [-0.05, 0) is 32.3 Å². The summed E-state index contributed by atoms with van der Waals surface area (Å²) in [5.74, 6) is -0.971. The lowest BCUT2D eigenvalue weighted by Gasteiger charge is -2.42. The number of benzene rings is 1. The summed E-state index contributed by atoms with van der Waals surface area (Å²) in [6, 6.07) is 9.52. The van der Waals surface area contributed by atoms with E-state index in [0.29, 0.717) is 5.56 Å². The molecule has 0 aliphatic heterocycles. The molecule has 22 heavy (non-hydrogen) atoms. The molecule has 1 aromatic rings. The van der Waals surface area contributed by atoms with Crippen LogP contribution < -0.4 is 0 Å². The van der Waals surface area contributed by atoms with Crippen molar-refractivity contribution in [3.63, 3.8) is 0 Å². The Hall–Kier alpha value is -2.44. The predicted octanol–water partition coefficient (Wildman–Crippen LogP) is 2.30. The van der Waals surface area contributed by atoms with Gasteiger partial charge in [-0.3, -0.25) is 10.1 Å². The van der Waals surface area contributed by atoms with Crippen molar-refractivity contribution >= 4 is 0 Å². The lowest BCUT2D eigenvalue weighted by molar-refractivity contribution is -0.555. The highest BCUT2D eigenvalue weighted by molar-refractivity contribution is 5.36. The molecular formula is C16H17N3O3. The van der Waals surface area contributed by atoms with Gasteiger partial charge in [-0.25, -0.2) is 0 Å². The molecule has 2 rings (SSSR count). The average molecular weight is 299 g/mol. The number of nitrogens with zero attached hydrogens (tertiary/aromatic N) is 3. The van der Waals surface area contributed by atoms with E-state index in [0.717, 1.165) is 5.56 Å². The van der Waals surface area contributed by atoms with E-state index >= 15 is 0 Å². The molecule has 0 bridgehead atoms. The average Bonchev–Trinajstić information content (AvgIpc) is 2.47. The maximum Gasteiger partial charge on any atom is 0.250 e. The molecule has 1 N–H and O–H groups in total. The second-order valence-corrected chi connectivity index (χ2v) is 6.17. The van der Waals surface area contributed by atoms with Gasteiger partial charge >= 0.3 is 0 Å². The number of hydrogen-bond acceptors (Lipinski definition) is 5. The van der Waals surface area contributed by atoms with Gasteiger partial charge in [0.25, 0.3) is 0 Å². The lowest BCUT2D eigenvalue weighted by Crippen LogP contribution is -2.56. The van der Waals surface area contributed by atoms with E-state index in [9.17, 15) is 25.7 Å². The minimum absolute atomic E-state index is 0.0438. The van der Waals surface area contributed by atoms with E-state index in [-0.39, 0.29) is 12.8 Å². The molecule has 0 unspecified atom stereocenters. The van der Waals surface area contributed by atoms with Crippen molar-refractivity contribution in [2.45, 2.75) is 44.2 Å². The van der Waals surface area contributed by atoms with E-state index in [1.165, 1.54) is 6.92 Å². The third-order valence-corrected chi connectivity index (χ3v) is 4.57. The molecule has 0 heterocycles. The van der Waals surface area contributed by atoms with Crippen LogP contribution in [-0.2, 0) is 0 Å². The standard InChI is InChI=1S/C16H17N3O3/c1-11-3-5-12(6-4-11)13-14(19(21)22)15(2,20)7-8-16(13,9-17)10-18/h3-6,13-14,20H,7-8H2,1-2H3/t13-,14-,15+/m0/s1. The van der Waals surface area contributed by atoms with Crippen molar-refractivity contribution in [1.29, 1.82) is 10.5 Å². The first-order valence-corrected chi connectivity index (χ1v) is 7.02. The Morgan fingerprint density at radius 1 is 1.27 bits per heavy atom. The number of rotatable bonds is 2. The lowest BCUT2D eigenvalue weighted by atomic mass is 9.59. The van der Waals surface area contributed by atoms with Crippen molar-refractivity contribution in [3.8, 4) is 12.1 Å². The van der Waals surface area contributed by atoms with Crippen LogP contribution in [0.4, 0.5) is 0 Å². The van der Waals surface area contributed by atoms with Crippen molar-refractivity contribution < 1.29 is 10.0 Å². The van der Waals surface area contributed by atoms with Crippen molar-refractivity contribution in [2.24, 2.45) is 5.41 Å². The number of nitriles is 2. The van der Waals surface area contributed by atoms with Gasteiger partial charge in [0.2, 0.25) is 6.04 Å². The first-order valence-electron chi connectivity index (χ1n) is 7.02. The van der Waals surface area contributed by atoms with Gasteiger partial charge in [-0.15, -0.1) is 0 Å². The van der Waals surface area contributed by atoms with Crippen molar-refractivity contribution in [1.82, 2.24) is 0 Å². The molecule has 1 fully saturated rings. The summed E-state index contributed by atoms with van der Waals surface area (Å²) in [6.45, 7) is 3.29. The van der Waals surface area contributed by atoms with Crippen molar-refractivity contribution in [3.05, 3.63) is 45.5 Å². The fourth-order valence-electron chi connectivity index (χ4n) is 3.25. The first kappa shape index (κ1) is 15.9. The van der Waals surface area contributed by atoms with E-state index < -0.39 is 27.9 Å². The molecule has 6 heteroatoms. The molecule has 114 valence electrons. The summed E-state index contributed by atoms with van der Waals surface area (Å²) in [6.07, 6.45) is 0.151. The van der Waals surface area contributed by atoms with Crippen LogP contribution in [0.2, 0.25) is 0 Å². The Morgan fingerprint density at radius 2 is 1.82 bits per heavy atom. The van der Waals surface area contributed by atoms with Crippen LogP contribution in [0.25, 0.3) is 0 Å². The maximum absolute atomic E-state index is 11.6. The number of nitro groups is 1. The van der Waals surface area contributed by atoms with E-state index in [1.54, 1.807) is 24.3 Å². The third kappa shape index (κ3) is 2.43. The Kier molecular flexibility index (Phi) is 3.91. The SMILES string of the molecule is Cc1ccc([C@H]2[C@H]([N+](=O)[O-])[C@](C)(O)CCC2(C#N)C#N)cc1. The Morgan fingerprint density at radius 3 is 2.27 bits per heavy atom. The minimum atomic E-state index is -1.56. The van der Waals surface area contributed by atoms with E-state index in [2.05, 4.69) is 0 Å². The fourth-order valence-corrected chi connectivity index (χ4v) is 3.25. The van der Waals surface area contributed by atoms with Crippen molar-refractivity contribution in [2.75, 3.05) is 0 Å². The van der Waals surface area contributed by atoms with Crippen LogP contribution in [0.15, 0.2) is 24.3 Å². The van der Waals surface area contributed by atoms with E-state index in [4.69, 9.17) is 0 Å². The molecule has 6 nitrogen and oxygen atoms in total. The van der Waals surface area contributed by atoms with Gasteiger partial charge in [-0.1, -0.05) is 29.8 Å². The number of hydrogen-bond donors (Lipinski definition) is 1. The summed E-state index contributed by atoms with van der Waals surface area (Å²) < 4.78 is 0. The van der Waals surface area contributed by atoms with Gasteiger partial charge in [-0.2, -0.15) is 10.5 Å². The van der Waals surface area contributed by atoms with Crippen LogP contribution >= 0.6 is 0 Å². The monoisotopic (exact) mass is 299 g/mol. The van der Waals surface area contributed by atoms with Gasteiger partial charge in [0.1, 0.15) is 5.60 Å². The second-order valence-electron chi connectivity index (χ2n) is 6.17. The van der Waals surface area contributed by atoms with E-state index in [1.807, 2.05) is 19.1 Å². The summed E-state index contributed by atoms with van der Waals surface area (Å²) in [4.78, 5) is 11.0. The smallest absolute Gasteiger partial charge is 0.250 e. The molecular weight excluding hydrogens is 282 g/mol. The topological polar surface area (TPSA) is 111 Å². The summed E-state index contributed by atoms with van der Waals surface area (Å²) >= 11 is 0. The summed E-state index contributed by atoms with van der Waals surface area (Å²) in [5.41, 5.74) is -1.55. The molecule has 0 aromatic heterocycles. The second kappa shape index (κ2) is 5.40. The zero-order chi connectivity index (χ0) is 16.5. The molecule has 1 aliphatic rings. The molecule has 0 spiro atoms. The van der Waals surface area contributed by atoms with Gasteiger partial charge < -0.3 is 5.11 Å². The van der Waals surface area contributed by atoms with Crippen LogP contribution in [0, 0.1) is 45.1 Å². The normalized spacial score (nSPS) is 30.0. The molecule has 1 aromatic carbocycles. The Bertz CT molecular complexity index is 653. The molecule has 1 aliphatic carbocycles. The quantitative estimate of drug-likeness (QED) is 0.665. The number of aliphatic hydroxyl groups is 1. The Labute approximate surface area is 128 Å². The van der Waals surface area contributed by atoms with Crippen LogP contribution in [0.5, 0.6) is 0 Å². The highest BCUT2D eigenvalue weighted by Crippen LogP contribution is 2.51. The molecule has 1 saturated carbocycles. The summed E-state index contributed by atoms with van der Waals surface area (Å²) in [7, 11) is 0. The van der Waals surface area contributed by atoms with Crippen LogP contribution in [0.3, 0.4) is 0 Å². The van der Waals surface area contributed by atoms with Gasteiger partial charge in [0.05, 0.1) is 18.1 Å². The van der Waals surface area contributed by atoms with Gasteiger partial charge in [0, 0.05) is 4.92 Å². The molecule has 0 amide bonds. The highest BCUT2D eigenvalue weighted by atomic mass is 16.6. The zero-order valence-electron chi connectivity index (χ0n) is 12.5. The fraction of sp³-hybridized carbons (Fsp3) is 0.500. The Balaban J connectivity index is 2.66. The largest absolute Gasteiger partial charge is 0.383 e. The molecule has 0 saturated heterocycles. The zero-order valence-corrected chi connectivity index (χ0v) is 12.5. The number of aryl methyl sites for hydroxylation is 1. The molecule has 0 radical (unpaired) electrons. The maximum atomic E-state index is 11.6. The molecule has 3 atom stereocenters. The third-order valence-electron chi connectivity index (χ3n) is 4.57. The van der Waals surface area contributed by atoms with Crippen LogP contribution in [0.1, 0.15) is 36.8 Å². The predicted molar refractivity (Wildman–Crippen MR) is 78.2 cm³/mol.